The minimum absolute atomic E-state index is 0.152. The maximum Gasteiger partial charge on any atom is 0.277 e. The van der Waals surface area contributed by atoms with E-state index in [1.807, 2.05) is 0 Å². The van der Waals surface area contributed by atoms with E-state index in [1.54, 1.807) is 13.8 Å². The summed E-state index contributed by atoms with van der Waals surface area (Å²) in [4.78, 5) is 17.5. The molecule has 0 N–H and O–H groups in total. The van der Waals surface area contributed by atoms with Crippen molar-refractivity contribution >= 4 is 21.4 Å². The fourth-order valence-corrected chi connectivity index (χ4v) is 3.96. The van der Waals surface area contributed by atoms with Gasteiger partial charge in [-0.15, -0.1) is 0 Å². The Hall–Kier alpha value is -3.57. The Morgan fingerprint density at radius 3 is 2.57 bits per heavy atom. The molecular weight excluding hydrogens is 502 g/mol. The molecule has 0 aliphatic heterocycles. The van der Waals surface area contributed by atoms with Gasteiger partial charge < -0.3 is 4.74 Å². The number of aryl methyl sites for hydroxylation is 2. The van der Waals surface area contributed by atoms with Gasteiger partial charge in [-0.1, -0.05) is 11.6 Å². The summed E-state index contributed by atoms with van der Waals surface area (Å²) in [6.07, 6.45) is 3.90. The third kappa shape index (κ3) is 4.96. The predicted octanol–water partition coefficient (Wildman–Crippen LogP) is 3.95. The third-order valence-corrected chi connectivity index (χ3v) is 6.31. The molecule has 0 aliphatic carbocycles. The molecule has 3 aromatic heterocycles. The van der Waals surface area contributed by atoms with Crippen molar-refractivity contribution < 1.29 is 24.7 Å². The number of benzene rings is 1. The van der Waals surface area contributed by atoms with Crippen molar-refractivity contribution in [3.63, 3.8) is 0 Å². The smallest absolute Gasteiger partial charge is 0.277 e. The van der Waals surface area contributed by atoms with E-state index in [4.69, 9.17) is 19.1 Å². The summed E-state index contributed by atoms with van der Waals surface area (Å²) in [5, 5.41) is 3.38. The quantitative estimate of drug-likeness (QED) is 0.380. The molecular formula is C23H19ClF2N4O4S. The first kappa shape index (κ1) is 21.9. The summed E-state index contributed by atoms with van der Waals surface area (Å²) < 4.78 is 75.0. The van der Waals surface area contributed by atoms with Crippen molar-refractivity contribution in [2.24, 2.45) is 0 Å². The van der Waals surface area contributed by atoms with Crippen molar-refractivity contribution in [3.8, 4) is 17.3 Å². The lowest BCUT2D eigenvalue weighted by atomic mass is 10.2. The van der Waals surface area contributed by atoms with Gasteiger partial charge in [0.25, 0.3) is 5.56 Å². The van der Waals surface area contributed by atoms with Crippen molar-refractivity contribution in [2.75, 3.05) is 6.26 Å². The topological polar surface area (TPSA) is 96.1 Å². The molecule has 3 heterocycles. The number of pyridine rings is 2. The molecule has 0 spiro atoms. The van der Waals surface area contributed by atoms with Crippen LogP contribution in [-0.4, -0.2) is 34.0 Å². The van der Waals surface area contributed by atoms with Crippen molar-refractivity contribution in [1.29, 1.82) is 0 Å². The zero-order valence-corrected chi connectivity index (χ0v) is 20.2. The van der Waals surface area contributed by atoms with Gasteiger partial charge in [0.15, 0.2) is 20.7 Å². The number of hydrogen-bond donors (Lipinski definition) is 0. The van der Waals surface area contributed by atoms with Crippen molar-refractivity contribution in [1.82, 2.24) is 19.3 Å². The minimum atomic E-state index is -3.54. The average Bonchev–Trinajstić information content (AvgIpc) is 3.29. The SMILES string of the molecule is [2H]C([2H])(Oc1cc(C)n(-c2cc(-n3ccc(S(C)(=O)=O)n3)ncc2C)c(=O)c1Cl)c1ccc(F)cc1F. The Morgan fingerprint density at radius 1 is 1.17 bits per heavy atom. The number of rotatable bonds is 6. The van der Waals surface area contributed by atoms with Crippen LogP contribution in [0.5, 0.6) is 5.75 Å². The molecule has 0 amide bonds. The van der Waals surface area contributed by atoms with Gasteiger partial charge in [0.2, 0.25) is 0 Å². The van der Waals surface area contributed by atoms with Crippen LogP contribution in [-0.2, 0) is 16.4 Å². The van der Waals surface area contributed by atoms with Crippen LogP contribution in [0.15, 0.2) is 58.6 Å². The standard InChI is InChI=1S/C23H19ClF2N4O4S/c1-13-11-27-20(29-7-6-21(28-29)35(3,32)33)10-18(13)30-14(2)8-19(22(24)23(30)31)34-12-15-4-5-16(25)9-17(15)26/h4-11H,12H2,1-3H3/i12D2. The summed E-state index contributed by atoms with van der Waals surface area (Å²) in [5.41, 5.74) is -0.126. The van der Waals surface area contributed by atoms with Gasteiger partial charge in [0.1, 0.15) is 29.0 Å². The third-order valence-electron chi connectivity index (χ3n) is 4.98. The van der Waals surface area contributed by atoms with Crippen molar-refractivity contribution in [3.05, 3.63) is 92.6 Å². The zero-order valence-electron chi connectivity index (χ0n) is 20.6. The number of aromatic nitrogens is 4. The fraction of sp³-hybridized carbons (Fsp3) is 0.174. The van der Waals surface area contributed by atoms with Crippen LogP contribution < -0.4 is 10.3 Å². The lowest BCUT2D eigenvalue weighted by molar-refractivity contribution is 0.298. The van der Waals surface area contributed by atoms with E-state index in [2.05, 4.69) is 10.1 Å². The number of sulfone groups is 1. The summed E-state index contributed by atoms with van der Waals surface area (Å²) in [6.45, 7) is 0.467. The Morgan fingerprint density at radius 2 is 1.91 bits per heavy atom. The highest BCUT2D eigenvalue weighted by Gasteiger charge is 2.18. The van der Waals surface area contributed by atoms with Crippen LogP contribution in [0.4, 0.5) is 8.78 Å². The molecule has 4 aromatic rings. The molecule has 12 heteroatoms. The van der Waals surface area contributed by atoms with Crippen LogP contribution in [0.1, 0.15) is 19.6 Å². The van der Waals surface area contributed by atoms with Crippen molar-refractivity contribution in [2.45, 2.75) is 25.4 Å². The predicted molar refractivity (Wildman–Crippen MR) is 125 cm³/mol. The number of ether oxygens (including phenoxy) is 1. The molecule has 1 aromatic carbocycles. The lowest BCUT2D eigenvalue weighted by Crippen LogP contribution is -2.23. The second kappa shape index (κ2) is 9.23. The van der Waals surface area contributed by atoms with Crippen LogP contribution in [0.3, 0.4) is 0 Å². The molecule has 4 rings (SSSR count). The van der Waals surface area contributed by atoms with Gasteiger partial charge >= 0.3 is 0 Å². The monoisotopic (exact) mass is 522 g/mol. The molecule has 0 bridgehead atoms. The van der Waals surface area contributed by atoms with E-state index in [-0.39, 0.29) is 22.3 Å². The van der Waals surface area contributed by atoms with E-state index in [9.17, 15) is 22.0 Å². The molecule has 0 fully saturated rings. The van der Waals surface area contributed by atoms with Crippen LogP contribution in [0, 0.1) is 25.5 Å². The number of hydrogen-bond acceptors (Lipinski definition) is 6. The Balaban J connectivity index is 1.77. The highest BCUT2D eigenvalue weighted by Crippen LogP contribution is 2.26. The van der Waals surface area contributed by atoms with Gasteiger partial charge in [0, 0.05) is 48.1 Å². The van der Waals surface area contributed by atoms with Gasteiger partial charge in [-0.3, -0.25) is 9.36 Å². The largest absolute Gasteiger partial charge is 0.487 e. The van der Waals surface area contributed by atoms with Gasteiger partial charge in [-0.2, -0.15) is 5.10 Å². The maximum absolute atomic E-state index is 14.2. The Kier molecular flexibility index (Phi) is 5.78. The molecule has 0 aliphatic rings. The first-order chi connectivity index (χ1) is 17.2. The minimum Gasteiger partial charge on any atom is -0.487 e. The molecule has 182 valence electrons. The van der Waals surface area contributed by atoms with Gasteiger partial charge in [-0.25, -0.2) is 26.9 Å². The normalized spacial score (nSPS) is 12.9. The van der Waals surface area contributed by atoms with Crippen LogP contribution >= 0.6 is 11.6 Å². The van der Waals surface area contributed by atoms with E-state index < -0.39 is 44.2 Å². The average molecular weight is 523 g/mol. The van der Waals surface area contributed by atoms with Gasteiger partial charge in [-0.05, 0) is 37.6 Å². The fourth-order valence-electron chi connectivity index (χ4n) is 3.24. The molecule has 0 unspecified atom stereocenters. The number of halogens is 3. The van der Waals surface area contributed by atoms with Crippen LogP contribution in [0.2, 0.25) is 5.02 Å². The van der Waals surface area contributed by atoms with Gasteiger partial charge in [0.05, 0.1) is 8.43 Å². The molecule has 0 atom stereocenters. The lowest BCUT2D eigenvalue weighted by Gasteiger charge is -2.17. The van der Waals surface area contributed by atoms with Crippen LogP contribution in [0.25, 0.3) is 11.5 Å². The zero-order chi connectivity index (χ0) is 27.3. The Bertz CT molecular complexity index is 1710. The molecule has 35 heavy (non-hydrogen) atoms. The van der Waals surface area contributed by atoms with E-state index >= 15 is 0 Å². The van der Waals surface area contributed by atoms with E-state index in [0.717, 1.165) is 18.4 Å². The first-order valence-electron chi connectivity index (χ1n) is 11.0. The second-order valence-corrected chi connectivity index (χ2v) is 9.97. The van der Waals surface area contributed by atoms with E-state index in [1.165, 1.54) is 39.8 Å². The summed E-state index contributed by atoms with van der Waals surface area (Å²) in [5.74, 6) is -2.17. The van der Waals surface area contributed by atoms with E-state index in [0.29, 0.717) is 17.3 Å². The molecule has 8 nitrogen and oxygen atoms in total. The second-order valence-electron chi connectivity index (χ2n) is 7.63. The maximum atomic E-state index is 14.2. The number of nitrogens with zero attached hydrogens (tertiary/aromatic N) is 4. The summed E-state index contributed by atoms with van der Waals surface area (Å²) >= 11 is 6.26. The highest BCUT2D eigenvalue weighted by atomic mass is 35.5. The first-order valence-corrected chi connectivity index (χ1v) is 12.3. The summed E-state index contributed by atoms with van der Waals surface area (Å²) in [6, 6.07) is 6.43. The Labute approximate surface area is 207 Å². The highest BCUT2D eigenvalue weighted by molar-refractivity contribution is 7.90. The molecule has 0 saturated heterocycles. The molecule has 0 saturated carbocycles. The molecule has 0 radical (unpaired) electrons. The summed E-state index contributed by atoms with van der Waals surface area (Å²) in [7, 11) is -3.54.